The number of aryl methyl sites for hydroxylation is 1. The Kier molecular flexibility index (Phi) is 2.25. The summed E-state index contributed by atoms with van der Waals surface area (Å²) >= 11 is 1.65. The van der Waals surface area contributed by atoms with E-state index in [1.54, 1.807) is 17.4 Å². The molecule has 0 saturated heterocycles. The summed E-state index contributed by atoms with van der Waals surface area (Å²) in [4.78, 5) is 2.29. The summed E-state index contributed by atoms with van der Waals surface area (Å²) in [6.45, 7) is 2.03. The van der Waals surface area contributed by atoms with Crippen molar-refractivity contribution in [3.8, 4) is 10.4 Å². The minimum absolute atomic E-state index is 0.196. The molecule has 0 radical (unpaired) electrons. The van der Waals surface area contributed by atoms with Gasteiger partial charge in [-0.15, -0.1) is 11.3 Å². The standard InChI is InChI=1S/C11H10FNS/c1-7-2-5-11(14-7)8-3-4-10(13)9(12)6-8/h2-6H,13H2,1H3. The second-order valence-electron chi connectivity index (χ2n) is 3.15. The maximum Gasteiger partial charge on any atom is 0.146 e. The normalized spacial score (nSPS) is 10.4. The van der Waals surface area contributed by atoms with Crippen LogP contribution in [0.1, 0.15) is 4.88 Å². The van der Waals surface area contributed by atoms with Crippen molar-refractivity contribution >= 4 is 17.0 Å². The monoisotopic (exact) mass is 207 g/mol. The van der Waals surface area contributed by atoms with Gasteiger partial charge in [-0.3, -0.25) is 0 Å². The number of nitrogen functional groups attached to an aromatic ring is 1. The van der Waals surface area contributed by atoms with Gasteiger partial charge in [-0.25, -0.2) is 4.39 Å². The second-order valence-corrected chi connectivity index (χ2v) is 4.43. The van der Waals surface area contributed by atoms with Gasteiger partial charge in [0.1, 0.15) is 5.82 Å². The van der Waals surface area contributed by atoms with Crippen molar-refractivity contribution in [1.29, 1.82) is 0 Å². The number of benzene rings is 1. The Bertz CT molecular complexity index is 462. The molecule has 0 bridgehead atoms. The molecule has 3 heteroatoms. The topological polar surface area (TPSA) is 26.0 Å². The summed E-state index contributed by atoms with van der Waals surface area (Å²) in [5.41, 5.74) is 6.48. The van der Waals surface area contributed by atoms with Gasteiger partial charge in [-0.1, -0.05) is 6.07 Å². The zero-order valence-corrected chi connectivity index (χ0v) is 8.57. The van der Waals surface area contributed by atoms with Crippen molar-refractivity contribution in [2.45, 2.75) is 6.92 Å². The van der Waals surface area contributed by atoms with Gasteiger partial charge in [-0.2, -0.15) is 0 Å². The number of thiophene rings is 1. The summed E-state index contributed by atoms with van der Waals surface area (Å²) in [6.07, 6.45) is 0. The Morgan fingerprint density at radius 2 is 2.00 bits per heavy atom. The molecule has 0 unspecified atom stereocenters. The largest absolute Gasteiger partial charge is 0.396 e. The molecule has 2 rings (SSSR count). The molecule has 0 aliphatic rings. The summed E-state index contributed by atoms with van der Waals surface area (Å²) in [7, 11) is 0. The van der Waals surface area contributed by atoms with Gasteiger partial charge in [0.2, 0.25) is 0 Å². The molecular weight excluding hydrogens is 197 g/mol. The average molecular weight is 207 g/mol. The minimum Gasteiger partial charge on any atom is -0.396 e. The minimum atomic E-state index is -0.353. The van der Waals surface area contributed by atoms with Crippen LogP contribution in [0.25, 0.3) is 10.4 Å². The van der Waals surface area contributed by atoms with Crippen LogP contribution in [-0.2, 0) is 0 Å². The molecular formula is C11H10FNS. The van der Waals surface area contributed by atoms with E-state index in [0.717, 1.165) is 10.4 Å². The molecule has 1 nitrogen and oxygen atoms in total. The van der Waals surface area contributed by atoms with Crippen LogP contribution >= 0.6 is 11.3 Å². The third-order valence-electron chi connectivity index (χ3n) is 2.03. The van der Waals surface area contributed by atoms with Gasteiger partial charge < -0.3 is 5.73 Å². The Balaban J connectivity index is 2.47. The van der Waals surface area contributed by atoms with Gasteiger partial charge in [0, 0.05) is 9.75 Å². The van der Waals surface area contributed by atoms with Crippen LogP contribution in [0.5, 0.6) is 0 Å². The number of rotatable bonds is 1. The number of hydrogen-bond donors (Lipinski definition) is 1. The van der Waals surface area contributed by atoms with E-state index in [-0.39, 0.29) is 11.5 Å². The van der Waals surface area contributed by atoms with Crippen molar-refractivity contribution in [2.75, 3.05) is 5.73 Å². The first-order valence-electron chi connectivity index (χ1n) is 4.28. The van der Waals surface area contributed by atoms with Gasteiger partial charge in [0.05, 0.1) is 5.69 Å². The van der Waals surface area contributed by atoms with E-state index in [4.69, 9.17) is 5.73 Å². The quantitative estimate of drug-likeness (QED) is 0.712. The lowest BCUT2D eigenvalue weighted by atomic mass is 10.1. The lowest BCUT2D eigenvalue weighted by Gasteiger charge is -1.99. The van der Waals surface area contributed by atoms with E-state index < -0.39 is 0 Å². The lowest BCUT2D eigenvalue weighted by Crippen LogP contribution is -1.89. The zero-order chi connectivity index (χ0) is 10.1. The van der Waals surface area contributed by atoms with Crippen LogP contribution in [0.2, 0.25) is 0 Å². The van der Waals surface area contributed by atoms with Crippen LogP contribution in [0.4, 0.5) is 10.1 Å². The molecule has 0 saturated carbocycles. The highest BCUT2D eigenvalue weighted by Gasteiger charge is 2.03. The molecule has 0 aliphatic heterocycles. The highest BCUT2D eigenvalue weighted by atomic mass is 32.1. The maximum atomic E-state index is 13.2. The summed E-state index contributed by atoms with van der Waals surface area (Å²) in [5.74, 6) is -0.353. The SMILES string of the molecule is Cc1ccc(-c2ccc(N)c(F)c2)s1. The molecule has 1 heterocycles. The first kappa shape index (κ1) is 9.21. The molecule has 1 aromatic carbocycles. The predicted octanol–water partition coefficient (Wildman–Crippen LogP) is 3.44. The second kappa shape index (κ2) is 3.42. The van der Waals surface area contributed by atoms with E-state index in [1.807, 2.05) is 25.1 Å². The van der Waals surface area contributed by atoms with Crippen LogP contribution in [0.15, 0.2) is 30.3 Å². The molecule has 1 aromatic heterocycles. The van der Waals surface area contributed by atoms with Crippen LogP contribution in [0.3, 0.4) is 0 Å². The molecule has 2 aromatic rings. The highest BCUT2D eigenvalue weighted by Crippen LogP contribution is 2.29. The molecule has 0 amide bonds. The first-order valence-corrected chi connectivity index (χ1v) is 5.10. The molecule has 0 spiro atoms. The average Bonchev–Trinajstić information content (AvgIpc) is 2.57. The number of hydrogen-bond acceptors (Lipinski definition) is 2. The van der Waals surface area contributed by atoms with Gasteiger partial charge in [0.25, 0.3) is 0 Å². The number of nitrogens with two attached hydrogens (primary N) is 1. The van der Waals surface area contributed by atoms with Gasteiger partial charge in [-0.05, 0) is 36.8 Å². The fraction of sp³-hybridized carbons (Fsp3) is 0.0909. The van der Waals surface area contributed by atoms with Crippen LogP contribution in [0, 0.1) is 12.7 Å². The third kappa shape index (κ3) is 1.63. The molecule has 14 heavy (non-hydrogen) atoms. The van der Waals surface area contributed by atoms with Gasteiger partial charge in [0.15, 0.2) is 0 Å². The smallest absolute Gasteiger partial charge is 0.146 e. The van der Waals surface area contributed by atoms with Crippen LogP contribution in [-0.4, -0.2) is 0 Å². The van der Waals surface area contributed by atoms with Gasteiger partial charge >= 0.3 is 0 Å². The van der Waals surface area contributed by atoms with Crippen molar-refractivity contribution in [3.63, 3.8) is 0 Å². The fourth-order valence-corrected chi connectivity index (χ4v) is 2.13. The van der Waals surface area contributed by atoms with E-state index in [9.17, 15) is 4.39 Å². The number of halogens is 1. The maximum absolute atomic E-state index is 13.2. The molecule has 0 fully saturated rings. The lowest BCUT2D eigenvalue weighted by molar-refractivity contribution is 0.633. The Morgan fingerprint density at radius 1 is 1.21 bits per heavy atom. The molecule has 72 valence electrons. The molecule has 2 N–H and O–H groups in total. The van der Waals surface area contributed by atoms with E-state index in [1.165, 1.54) is 10.9 Å². The Labute approximate surface area is 86.0 Å². The van der Waals surface area contributed by atoms with Crippen molar-refractivity contribution in [2.24, 2.45) is 0 Å². The first-order chi connectivity index (χ1) is 6.66. The van der Waals surface area contributed by atoms with E-state index in [2.05, 4.69) is 0 Å². The fourth-order valence-electron chi connectivity index (χ4n) is 1.27. The molecule has 0 aliphatic carbocycles. The summed E-state index contributed by atoms with van der Waals surface area (Å²) in [5, 5.41) is 0. The van der Waals surface area contributed by atoms with E-state index in [0.29, 0.717) is 0 Å². The van der Waals surface area contributed by atoms with E-state index >= 15 is 0 Å². The summed E-state index contributed by atoms with van der Waals surface area (Å²) in [6, 6.07) is 8.92. The van der Waals surface area contributed by atoms with Crippen molar-refractivity contribution in [3.05, 3.63) is 41.0 Å². The summed E-state index contributed by atoms with van der Waals surface area (Å²) < 4.78 is 13.2. The Morgan fingerprint density at radius 3 is 2.57 bits per heavy atom. The third-order valence-corrected chi connectivity index (χ3v) is 3.08. The predicted molar refractivity (Wildman–Crippen MR) is 58.9 cm³/mol. The van der Waals surface area contributed by atoms with Crippen molar-refractivity contribution in [1.82, 2.24) is 0 Å². The highest BCUT2D eigenvalue weighted by molar-refractivity contribution is 7.15. The zero-order valence-electron chi connectivity index (χ0n) is 7.75. The number of anilines is 1. The van der Waals surface area contributed by atoms with Crippen LogP contribution < -0.4 is 5.73 Å². The van der Waals surface area contributed by atoms with Crippen molar-refractivity contribution < 1.29 is 4.39 Å². The molecule has 0 atom stereocenters. The Hall–Kier alpha value is -1.35.